The highest BCUT2D eigenvalue weighted by molar-refractivity contribution is 5.80. The fraction of sp³-hybridized carbons (Fsp3) is 0.727. The monoisotopic (exact) mass is 405 g/mol. The van der Waals surface area contributed by atoms with Gasteiger partial charge in [-0.3, -0.25) is 4.99 Å². The van der Waals surface area contributed by atoms with E-state index in [1.807, 2.05) is 6.20 Å². The molecular formula is C22H39N5O2. The van der Waals surface area contributed by atoms with Crippen LogP contribution in [-0.4, -0.2) is 69.6 Å². The van der Waals surface area contributed by atoms with Gasteiger partial charge in [-0.2, -0.15) is 0 Å². The summed E-state index contributed by atoms with van der Waals surface area (Å²) in [7, 11) is 0. The number of nitrogens with zero attached hydrogens (tertiary/aromatic N) is 3. The van der Waals surface area contributed by atoms with Crippen molar-refractivity contribution in [3.63, 3.8) is 0 Å². The van der Waals surface area contributed by atoms with E-state index in [0.29, 0.717) is 32.4 Å². The Labute approximate surface area is 176 Å². The Kier molecular flexibility index (Phi) is 11.4. The maximum Gasteiger partial charge on any atom is 0.191 e. The van der Waals surface area contributed by atoms with Crippen molar-refractivity contribution < 1.29 is 9.47 Å². The molecule has 2 rings (SSSR count). The first-order valence-electron chi connectivity index (χ1n) is 11.1. The van der Waals surface area contributed by atoms with Crippen LogP contribution in [0.4, 0.5) is 5.82 Å². The van der Waals surface area contributed by atoms with E-state index in [0.717, 1.165) is 63.7 Å². The van der Waals surface area contributed by atoms with Crippen LogP contribution >= 0.6 is 0 Å². The molecule has 7 heteroatoms. The summed E-state index contributed by atoms with van der Waals surface area (Å²) in [5, 5.41) is 6.91. The topological polar surface area (TPSA) is 71.0 Å². The van der Waals surface area contributed by atoms with E-state index in [2.05, 4.69) is 58.4 Å². The number of aliphatic imine (C=N–C) groups is 1. The van der Waals surface area contributed by atoms with Crippen LogP contribution in [0.2, 0.25) is 0 Å². The smallest absolute Gasteiger partial charge is 0.191 e. The van der Waals surface area contributed by atoms with E-state index >= 15 is 0 Å². The van der Waals surface area contributed by atoms with Crippen molar-refractivity contribution in [1.29, 1.82) is 0 Å². The van der Waals surface area contributed by atoms with Crippen molar-refractivity contribution in [2.75, 3.05) is 57.5 Å². The second-order valence-electron chi connectivity index (χ2n) is 7.44. The molecule has 0 saturated carbocycles. The third-order valence-electron chi connectivity index (χ3n) is 4.92. The molecule has 0 amide bonds. The first kappa shape index (κ1) is 23.4. The first-order valence-corrected chi connectivity index (χ1v) is 11.1. The van der Waals surface area contributed by atoms with Crippen LogP contribution in [0.15, 0.2) is 23.3 Å². The lowest BCUT2D eigenvalue weighted by Crippen LogP contribution is -2.49. The summed E-state index contributed by atoms with van der Waals surface area (Å²) in [6.07, 6.45) is 6.37. The van der Waals surface area contributed by atoms with E-state index in [4.69, 9.17) is 9.47 Å². The van der Waals surface area contributed by atoms with Crippen molar-refractivity contribution >= 4 is 11.8 Å². The summed E-state index contributed by atoms with van der Waals surface area (Å²) in [4.78, 5) is 11.6. The fourth-order valence-electron chi connectivity index (χ4n) is 3.20. The standard InChI is InChI=1S/C22H39N5O2/c1-4-6-14-28-16-17-29-15-11-24-22(23-5-2)26-20-9-12-27(13-10-20)21-8-7-19(3)18-25-21/h7-8,18,20H,4-6,9-17H2,1-3H3,(H2,23,24,26). The second kappa shape index (κ2) is 14.2. The number of hydrogen-bond acceptors (Lipinski definition) is 5. The van der Waals surface area contributed by atoms with Gasteiger partial charge >= 0.3 is 0 Å². The normalized spacial score (nSPS) is 15.6. The largest absolute Gasteiger partial charge is 0.379 e. The number of pyridine rings is 1. The third-order valence-corrected chi connectivity index (χ3v) is 4.92. The molecule has 1 fully saturated rings. The number of anilines is 1. The average molecular weight is 406 g/mol. The van der Waals surface area contributed by atoms with Crippen LogP contribution in [0.3, 0.4) is 0 Å². The van der Waals surface area contributed by atoms with Crippen molar-refractivity contribution in [1.82, 2.24) is 15.6 Å². The minimum atomic E-state index is 0.433. The molecular weight excluding hydrogens is 366 g/mol. The van der Waals surface area contributed by atoms with Crippen LogP contribution < -0.4 is 15.5 Å². The molecule has 164 valence electrons. The van der Waals surface area contributed by atoms with Gasteiger partial charge in [-0.05, 0) is 44.7 Å². The van der Waals surface area contributed by atoms with Crippen LogP contribution in [-0.2, 0) is 9.47 Å². The van der Waals surface area contributed by atoms with Gasteiger partial charge in [0.1, 0.15) is 5.82 Å². The molecule has 0 aliphatic carbocycles. The van der Waals surface area contributed by atoms with Gasteiger partial charge in [-0.1, -0.05) is 19.4 Å². The zero-order chi connectivity index (χ0) is 20.7. The molecule has 0 bridgehead atoms. The van der Waals surface area contributed by atoms with Crippen molar-refractivity contribution in [2.45, 2.75) is 52.5 Å². The second-order valence-corrected chi connectivity index (χ2v) is 7.44. The number of piperidine rings is 1. The molecule has 2 N–H and O–H groups in total. The predicted molar refractivity (Wildman–Crippen MR) is 120 cm³/mol. The van der Waals surface area contributed by atoms with Crippen LogP contribution in [0, 0.1) is 6.92 Å². The Bertz CT molecular complexity index is 571. The number of ether oxygens (including phenoxy) is 2. The lowest BCUT2D eigenvalue weighted by Gasteiger charge is -2.33. The molecule has 1 aromatic rings. The third kappa shape index (κ3) is 9.45. The molecule has 2 heterocycles. The lowest BCUT2D eigenvalue weighted by molar-refractivity contribution is 0.0497. The van der Waals surface area contributed by atoms with Crippen molar-refractivity contribution in [3.8, 4) is 0 Å². The molecule has 0 unspecified atom stereocenters. The Hall–Kier alpha value is -1.86. The summed E-state index contributed by atoms with van der Waals surface area (Å²) >= 11 is 0. The Balaban J connectivity index is 1.65. The minimum absolute atomic E-state index is 0.433. The molecule has 0 spiro atoms. The minimum Gasteiger partial charge on any atom is -0.379 e. The Morgan fingerprint density at radius 3 is 2.55 bits per heavy atom. The zero-order valence-corrected chi connectivity index (χ0v) is 18.5. The molecule has 1 aliphatic rings. The van der Waals surface area contributed by atoms with E-state index < -0.39 is 0 Å². The quantitative estimate of drug-likeness (QED) is 0.317. The fourth-order valence-corrected chi connectivity index (χ4v) is 3.20. The number of guanidine groups is 1. The SMILES string of the molecule is CCCCOCCOCCN=C(NCC)NC1CCN(c2ccc(C)cn2)CC1. The number of aromatic nitrogens is 1. The first-order chi connectivity index (χ1) is 14.2. The number of rotatable bonds is 12. The van der Waals surface area contributed by atoms with Gasteiger partial charge in [0.2, 0.25) is 0 Å². The van der Waals surface area contributed by atoms with E-state index in [1.54, 1.807) is 0 Å². The van der Waals surface area contributed by atoms with Gasteiger partial charge in [0.25, 0.3) is 0 Å². The van der Waals surface area contributed by atoms with Crippen molar-refractivity contribution in [3.05, 3.63) is 23.9 Å². The van der Waals surface area contributed by atoms with Gasteiger partial charge in [0, 0.05) is 38.5 Å². The van der Waals surface area contributed by atoms with Crippen molar-refractivity contribution in [2.24, 2.45) is 4.99 Å². The van der Waals surface area contributed by atoms with Crippen LogP contribution in [0.1, 0.15) is 45.1 Å². The predicted octanol–water partition coefficient (Wildman–Crippen LogP) is 2.75. The molecule has 1 saturated heterocycles. The molecule has 29 heavy (non-hydrogen) atoms. The summed E-state index contributed by atoms with van der Waals surface area (Å²) in [5.74, 6) is 1.95. The Morgan fingerprint density at radius 1 is 1.14 bits per heavy atom. The van der Waals surface area contributed by atoms with Crippen LogP contribution in [0.5, 0.6) is 0 Å². The van der Waals surface area contributed by atoms with Gasteiger partial charge in [0.15, 0.2) is 5.96 Å². The summed E-state index contributed by atoms with van der Waals surface area (Å²) in [5.41, 5.74) is 1.20. The number of unbranched alkanes of at least 4 members (excludes halogenated alkanes) is 1. The number of nitrogens with one attached hydrogen (secondary N) is 2. The maximum absolute atomic E-state index is 5.60. The highest BCUT2D eigenvalue weighted by atomic mass is 16.5. The zero-order valence-electron chi connectivity index (χ0n) is 18.5. The number of aryl methyl sites for hydroxylation is 1. The molecule has 7 nitrogen and oxygen atoms in total. The highest BCUT2D eigenvalue weighted by Crippen LogP contribution is 2.17. The van der Waals surface area contributed by atoms with Crippen LogP contribution in [0.25, 0.3) is 0 Å². The average Bonchev–Trinajstić information content (AvgIpc) is 2.74. The van der Waals surface area contributed by atoms with Gasteiger partial charge in [-0.15, -0.1) is 0 Å². The molecule has 1 aromatic heterocycles. The molecule has 0 atom stereocenters. The maximum atomic E-state index is 5.60. The molecule has 0 aromatic carbocycles. The highest BCUT2D eigenvalue weighted by Gasteiger charge is 2.20. The van der Waals surface area contributed by atoms with Gasteiger partial charge in [0.05, 0.1) is 26.4 Å². The molecule has 0 radical (unpaired) electrons. The van der Waals surface area contributed by atoms with Gasteiger partial charge < -0.3 is 25.0 Å². The Morgan fingerprint density at radius 2 is 1.90 bits per heavy atom. The van der Waals surface area contributed by atoms with E-state index in [-0.39, 0.29) is 0 Å². The summed E-state index contributed by atoms with van der Waals surface area (Å²) in [6.45, 7) is 12.6. The summed E-state index contributed by atoms with van der Waals surface area (Å²) < 4.78 is 11.1. The van der Waals surface area contributed by atoms with E-state index in [1.165, 1.54) is 5.56 Å². The lowest BCUT2D eigenvalue weighted by atomic mass is 10.1. The van der Waals surface area contributed by atoms with E-state index in [9.17, 15) is 0 Å². The molecule has 1 aliphatic heterocycles. The summed E-state index contributed by atoms with van der Waals surface area (Å²) in [6, 6.07) is 4.67. The van der Waals surface area contributed by atoms with Gasteiger partial charge in [-0.25, -0.2) is 4.98 Å². The number of hydrogen-bond donors (Lipinski definition) is 2.